The van der Waals surface area contributed by atoms with Crippen molar-refractivity contribution in [3.05, 3.63) is 35.1 Å². The van der Waals surface area contributed by atoms with Crippen molar-refractivity contribution in [1.82, 2.24) is 5.32 Å². The van der Waals surface area contributed by atoms with Gasteiger partial charge in [-0.1, -0.05) is 6.07 Å². The summed E-state index contributed by atoms with van der Waals surface area (Å²) in [7, 11) is 0. The van der Waals surface area contributed by atoms with Crippen molar-refractivity contribution in [3.8, 4) is 0 Å². The number of amides is 1. The summed E-state index contributed by atoms with van der Waals surface area (Å²) in [6.07, 6.45) is -4.91. The molecule has 1 atom stereocenters. The first-order valence-corrected chi connectivity index (χ1v) is 5.55. The zero-order valence-electron chi connectivity index (χ0n) is 10.5. The second-order valence-electron chi connectivity index (χ2n) is 4.50. The molecule has 1 aromatic carbocycles. The van der Waals surface area contributed by atoms with Crippen LogP contribution in [-0.2, 0) is 6.18 Å². The Balaban J connectivity index is 2.95. The smallest absolute Gasteiger partial charge is 0.393 e. The second-order valence-corrected chi connectivity index (χ2v) is 4.50. The Morgan fingerprint density at radius 2 is 1.95 bits per heavy atom. The molecule has 1 rings (SSSR count). The Morgan fingerprint density at radius 1 is 1.35 bits per heavy atom. The third kappa shape index (κ3) is 3.91. The Morgan fingerprint density at radius 3 is 2.45 bits per heavy atom. The van der Waals surface area contributed by atoms with Gasteiger partial charge in [-0.3, -0.25) is 4.79 Å². The van der Waals surface area contributed by atoms with Gasteiger partial charge in [-0.05, 0) is 19.1 Å². The van der Waals surface area contributed by atoms with Gasteiger partial charge >= 0.3 is 6.18 Å². The minimum absolute atomic E-state index is 0.433. The highest BCUT2D eigenvalue weighted by atomic mass is 19.4. The molecule has 0 saturated carbocycles. The number of hydrogen-bond donors (Lipinski definition) is 3. The van der Waals surface area contributed by atoms with Gasteiger partial charge in [0.2, 0.25) is 0 Å². The average molecular weight is 295 g/mol. The number of carbonyl (C=O) groups is 1. The van der Waals surface area contributed by atoms with Gasteiger partial charge < -0.3 is 15.5 Å². The highest BCUT2D eigenvalue weighted by Gasteiger charge is 2.35. The van der Waals surface area contributed by atoms with E-state index >= 15 is 0 Å². The Bertz CT molecular complexity index is 500. The van der Waals surface area contributed by atoms with Gasteiger partial charge in [-0.25, -0.2) is 4.39 Å². The highest BCUT2D eigenvalue weighted by molar-refractivity contribution is 5.94. The summed E-state index contributed by atoms with van der Waals surface area (Å²) in [5.41, 5.74) is -3.97. The molecule has 1 amide bonds. The molecule has 0 aliphatic rings. The topological polar surface area (TPSA) is 69.6 Å². The van der Waals surface area contributed by atoms with Crippen molar-refractivity contribution in [2.24, 2.45) is 0 Å². The predicted octanol–water partition coefficient (Wildman–Crippen LogP) is 1.32. The third-order valence-electron chi connectivity index (χ3n) is 2.52. The monoisotopic (exact) mass is 295 g/mol. The second kappa shape index (κ2) is 5.76. The van der Waals surface area contributed by atoms with Crippen LogP contribution in [-0.4, -0.2) is 34.9 Å². The van der Waals surface area contributed by atoms with Crippen LogP contribution >= 0.6 is 0 Å². The first kappa shape index (κ1) is 16.4. The maximum Gasteiger partial charge on any atom is 0.419 e. The summed E-state index contributed by atoms with van der Waals surface area (Å²) >= 11 is 0. The van der Waals surface area contributed by atoms with E-state index in [-0.39, 0.29) is 0 Å². The number of benzene rings is 1. The van der Waals surface area contributed by atoms with Gasteiger partial charge in [-0.2, -0.15) is 13.2 Å². The van der Waals surface area contributed by atoms with Crippen LogP contribution in [0.3, 0.4) is 0 Å². The maximum absolute atomic E-state index is 13.6. The normalized spacial score (nSPS) is 14.8. The van der Waals surface area contributed by atoms with Crippen molar-refractivity contribution in [2.75, 3.05) is 13.2 Å². The maximum atomic E-state index is 13.6. The zero-order valence-corrected chi connectivity index (χ0v) is 10.5. The van der Waals surface area contributed by atoms with Gasteiger partial charge in [0.15, 0.2) is 0 Å². The SMILES string of the molecule is CC(O)(CO)CNC(=O)c1cccc(C(F)(F)F)c1F. The standard InChI is InChI=1S/C12H13F4NO3/c1-11(20,6-18)5-17-10(19)7-3-2-4-8(9(7)13)12(14,15)16/h2-4,18,20H,5-6H2,1H3,(H,17,19). The minimum atomic E-state index is -4.91. The number of aliphatic hydroxyl groups excluding tert-OH is 1. The zero-order chi connectivity index (χ0) is 15.6. The summed E-state index contributed by atoms with van der Waals surface area (Å²) in [5.74, 6) is -2.79. The minimum Gasteiger partial charge on any atom is -0.393 e. The number of aliphatic hydroxyl groups is 2. The fourth-order valence-electron chi connectivity index (χ4n) is 1.35. The van der Waals surface area contributed by atoms with Crippen LogP contribution in [0.2, 0.25) is 0 Å². The molecule has 112 valence electrons. The van der Waals surface area contributed by atoms with Gasteiger partial charge in [-0.15, -0.1) is 0 Å². The summed E-state index contributed by atoms with van der Waals surface area (Å²) in [6.45, 7) is 0.103. The summed E-state index contributed by atoms with van der Waals surface area (Å²) in [4.78, 5) is 11.6. The number of carbonyl (C=O) groups excluding carboxylic acids is 1. The molecule has 0 heterocycles. The van der Waals surface area contributed by atoms with E-state index in [1.54, 1.807) is 0 Å². The van der Waals surface area contributed by atoms with Crippen molar-refractivity contribution in [1.29, 1.82) is 0 Å². The predicted molar refractivity (Wildman–Crippen MR) is 61.4 cm³/mol. The van der Waals surface area contributed by atoms with E-state index in [2.05, 4.69) is 5.32 Å². The molecule has 0 aromatic heterocycles. The molecule has 0 aliphatic carbocycles. The molecule has 20 heavy (non-hydrogen) atoms. The van der Waals surface area contributed by atoms with E-state index in [0.717, 1.165) is 12.1 Å². The average Bonchev–Trinajstić information content (AvgIpc) is 2.35. The molecule has 0 radical (unpaired) electrons. The molecular weight excluding hydrogens is 282 g/mol. The molecule has 1 unspecified atom stereocenters. The summed E-state index contributed by atoms with van der Waals surface area (Å²) < 4.78 is 51.1. The first-order valence-electron chi connectivity index (χ1n) is 5.55. The lowest BCUT2D eigenvalue weighted by atomic mass is 10.1. The lowest BCUT2D eigenvalue weighted by Crippen LogP contribution is -2.43. The molecule has 0 aliphatic heterocycles. The van der Waals surface area contributed by atoms with Crippen LogP contribution in [0, 0.1) is 5.82 Å². The number of rotatable bonds is 4. The molecule has 0 saturated heterocycles. The Kier molecular flexibility index (Phi) is 4.72. The molecule has 0 spiro atoms. The fraction of sp³-hybridized carbons (Fsp3) is 0.417. The molecule has 0 fully saturated rings. The van der Waals surface area contributed by atoms with Crippen molar-refractivity contribution >= 4 is 5.91 Å². The van der Waals surface area contributed by atoms with Crippen LogP contribution in [0.5, 0.6) is 0 Å². The van der Waals surface area contributed by atoms with Crippen LogP contribution in [0.15, 0.2) is 18.2 Å². The molecule has 8 heteroatoms. The number of alkyl halides is 3. The van der Waals surface area contributed by atoms with E-state index in [1.807, 2.05) is 0 Å². The quantitative estimate of drug-likeness (QED) is 0.734. The Hall–Kier alpha value is -1.67. The lowest BCUT2D eigenvalue weighted by molar-refractivity contribution is -0.140. The van der Waals surface area contributed by atoms with E-state index in [4.69, 9.17) is 5.11 Å². The third-order valence-corrected chi connectivity index (χ3v) is 2.52. The lowest BCUT2D eigenvalue weighted by Gasteiger charge is -2.20. The largest absolute Gasteiger partial charge is 0.419 e. The number of nitrogens with one attached hydrogen (secondary N) is 1. The number of halogens is 4. The molecule has 1 aromatic rings. The van der Waals surface area contributed by atoms with Gasteiger partial charge in [0.25, 0.3) is 5.91 Å². The van der Waals surface area contributed by atoms with Crippen molar-refractivity contribution in [3.63, 3.8) is 0 Å². The van der Waals surface area contributed by atoms with Crippen LogP contribution in [0.25, 0.3) is 0 Å². The number of hydrogen-bond acceptors (Lipinski definition) is 3. The van der Waals surface area contributed by atoms with Crippen LogP contribution in [0.4, 0.5) is 17.6 Å². The first-order chi connectivity index (χ1) is 9.08. The van der Waals surface area contributed by atoms with E-state index in [9.17, 15) is 27.5 Å². The van der Waals surface area contributed by atoms with E-state index < -0.39 is 47.8 Å². The molecule has 3 N–H and O–H groups in total. The molecule has 4 nitrogen and oxygen atoms in total. The van der Waals surface area contributed by atoms with E-state index in [1.165, 1.54) is 6.92 Å². The fourth-order valence-corrected chi connectivity index (χ4v) is 1.35. The van der Waals surface area contributed by atoms with Crippen molar-refractivity contribution < 1.29 is 32.6 Å². The van der Waals surface area contributed by atoms with E-state index in [0.29, 0.717) is 6.07 Å². The Labute approximate surface area is 112 Å². The highest BCUT2D eigenvalue weighted by Crippen LogP contribution is 2.32. The summed E-state index contributed by atoms with van der Waals surface area (Å²) in [6, 6.07) is 2.33. The molecular formula is C12H13F4NO3. The summed E-state index contributed by atoms with van der Waals surface area (Å²) in [5, 5.41) is 20.2. The van der Waals surface area contributed by atoms with Gasteiger partial charge in [0.1, 0.15) is 11.4 Å². The molecule has 0 bridgehead atoms. The van der Waals surface area contributed by atoms with Gasteiger partial charge in [0, 0.05) is 6.54 Å². The van der Waals surface area contributed by atoms with Gasteiger partial charge in [0.05, 0.1) is 17.7 Å². The van der Waals surface area contributed by atoms with Crippen LogP contribution < -0.4 is 5.32 Å². The van der Waals surface area contributed by atoms with Crippen molar-refractivity contribution in [2.45, 2.75) is 18.7 Å². The van der Waals surface area contributed by atoms with Crippen LogP contribution in [0.1, 0.15) is 22.8 Å².